The standard InChI is InChI=1S/C84H102Cl2N2O4/c1-49-35-57(85)45-65(63-41-55(83(21,22)47-77(3,4)5)43-71(73(63)89)87-67-29-25-51(79(9,10)11)37-59(67)60-38-52(80(12,13)14)26-30-68(60)87)75(49)91-33-34-92-76-50(2)36-58(86)46-66(76)64-42-56(84(23,24)48-78(6,7)8)44-72(74(64)90)88-69-31-27-53(81(15,16)17)39-61(69)62-40-54(82(18,19)20)28-32-70(62)88/h25-32,35-46,89-90H,33-34,47-48H2,1-24H3. The third-order valence-electron chi connectivity index (χ3n) is 18.8. The Bertz CT molecular complexity index is 4090. The predicted molar refractivity (Wildman–Crippen MR) is 395 cm³/mol. The van der Waals surface area contributed by atoms with Gasteiger partial charge in [-0.2, -0.15) is 0 Å². The zero-order valence-corrected chi connectivity index (χ0v) is 61.2. The van der Waals surface area contributed by atoms with Crippen molar-refractivity contribution in [3.8, 4) is 56.6 Å². The van der Waals surface area contributed by atoms with Gasteiger partial charge in [-0.25, -0.2) is 0 Å². The van der Waals surface area contributed by atoms with E-state index in [0.717, 1.165) is 78.7 Å². The molecule has 10 aromatic rings. The zero-order chi connectivity index (χ0) is 67.7. The first-order valence-corrected chi connectivity index (χ1v) is 33.9. The van der Waals surface area contributed by atoms with Crippen molar-refractivity contribution < 1.29 is 19.7 Å². The molecule has 486 valence electrons. The molecule has 0 saturated heterocycles. The smallest absolute Gasteiger partial charge is 0.147 e. The van der Waals surface area contributed by atoms with Crippen LogP contribution in [0.25, 0.3) is 77.2 Å². The van der Waals surface area contributed by atoms with Crippen molar-refractivity contribution in [2.45, 2.75) is 212 Å². The molecular formula is C84H102Cl2N2O4. The molecule has 8 heteroatoms. The maximum Gasteiger partial charge on any atom is 0.147 e. The number of phenolic OH excluding ortho intramolecular Hbond substituents is 2. The van der Waals surface area contributed by atoms with E-state index >= 15 is 0 Å². The molecule has 0 fully saturated rings. The first-order valence-electron chi connectivity index (χ1n) is 33.1. The number of benzene rings is 8. The summed E-state index contributed by atoms with van der Waals surface area (Å²) in [7, 11) is 0. The van der Waals surface area contributed by atoms with Crippen LogP contribution in [0.5, 0.6) is 23.0 Å². The number of aryl methyl sites for hydroxylation is 2. The highest BCUT2D eigenvalue weighted by atomic mass is 35.5. The summed E-state index contributed by atoms with van der Waals surface area (Å²) >= 11 is 14.2. The molecule has 0 aliphatic heterocycles. The predicted octanol–water partition coefficient (Wildman–Crippen LogP) is 24.6. The van der Waals surface area contributed by atoms with Crippen LogP contribution in [0.3, 0.4) is 0 Å². The van der Waals surface area contributed by atoms with Gasteiger partial charge in [0, 0.05) is 53.8 Å². The zero-order valence-electron chi connectivity index (χ0n) is 59.7. The second-order valence-corrected chi connectivity index (χ2v) is 35.4. The van der Waals surface area contributed by atoms with Crippen molar-refractivity contribution in [2.75, 3.05) is 13.2 Å². The molecule has 8 aromatic carbocycles. The summed E-state index contributed by atoms with van der Waals surface area (Å²) in [5.74, 6) is 1.44. The summed E-state index contributed by atoms with van der Waals surface area (Å²) in [5, 5.41) is 32.2. The average Bonchev–Trinajstić information content (AvgIpc) is 1.53. The number of ether oxygens (including phenoxy) is 2. The lowest BCUT2D eigenvalue weighted by atomic mass is 9.71. The quantitative estimate of drug-likeness (QED) is 0.113. The SMILES string of the molecule is Cc1cc(Cl)cc(-c2cc(C(C)(C)CC(C)(C)C)cc(-n3c4ccc(C(C)(C)C)cc4c4cc(C(C)(C)C)ccc43)c2O)c1OCCOc1c(C)cc(Cl)cc1-c1cc(C(C)(C)CC(C)(C)C)cc(-n2c3ccc(C(C)(C)C)cc3c3cc(C(C)(C)C)ccc32)c1O. The maximum atomic E-state index is 13.3. The number of hydrogen-bond donors (Lipinski definition) is 2. The highest BCUT2D eigenvalue weighted by Gasteiger charge is 2.34. The Labute approximate surface area is 560 Å². The Morgan fingerprint density at radius 3 is 0.859 bits per heavy atom. The number of nitrogens with zero attached hydrogens (tertiary/aromatic N) is 2. The molecule has 0 amide bonds. The number of aromatic nitrogens is 2. The van der Waals surface area contributed by atoms with E-state index in [2.05, 4.69) is 259 Å². The van der Waals surface area contributed by atoms with Gasteiger partial charge in [0.1, 0.15) is 36.2 Å². The molecule has 6 nitrogen and oxygen atoms in total. The third kappa shape index (κ3) is 13.5. The molecule has 0 aliphatic carbocycles. The molecule has 0 bridgehead atoms. The number of halogens is 2. The van der Waals surface area contributed by atoms with Crippen LogP contribution < -0.4 is 9.47 Å². The van der Waals surface area contributed by atoms with E-state index in [1.54, 1.807) is 0 Å². The van der Waals surface area contributed by atoms with Gasteiger partial charge < -0.3 is 28.8 Å². The molecule has 2 heterocycles. The van der Waals surface area contributed by atoms with Crippen molar-refractivity contribution in [2.24, 2.45) is 10.8 Å². The molecule has 0 unspecified atom stereocenters. The molecule has 0 aliphatic rings. The van der Waals surface area contributed by atoms with E-state index in [-0.39, 0.29) is 68.0 Å². The van der Waals surface area contributed by atoms with Crippen molar-refractivity contribution in [1.29, 1.82) is 0 Å². The molecule has 92 heavy (non-hydrogen) atoms. The van der Waals surface area contributed by atoms with Gasteiger partial charge in [0.25, 0.3) is 0 Å². The number of fused-ring (bicyclic) bond motifs is 6. The van der Waals surface area contributed by atoms with E-state index in [4.69, 9.17) is 32.7 Å². The van der Waals surface area contributed by atoms with Crippen LogP contribution in [0, 0.1) is 24.7 Å². The number of rotatable bonds is 13. The Hall–Kier alpha value is -6.86. The van der Waals surface area contributed by atoms with Crippen LogP contribution in [-0.2, 0) is 32.5 Å². The van der Waals surface area contributed by atoms with E-state index in [1.807, 2.05) is 38.1 Å². The monoisotopic (exact) mass is 1270 g/mol. The fourth-order valence-electron chi connectivity index (χ4n) is 14.6. The summed E-state index contributed by atoms with van der Waals surface area (Å²) < 4.78 is 18.5. The fraction of sp³-hybridized carbons (Fsp3) is 0.429. The first kappa shape index (κ1) is 68.0. The summed E-state index contributed by atoms with van der Waals surface area (Å²) in [5.41, 5.74) is 15.8. The fourth-order valence-corrected chi connectivity index (χ4v) is 15.1. The molecule has 2 N–H and O–H groups in total. The molecule has 2 aromatic heterocycles. The van der Waals surface area contributed by atoms with Crippen LogP contribution in [0.4, 0.5) is 0 Å². The number of hydrogen-bond acceptors (Lipinski definition) is 4. The lowest BCUT2D eigenvalue weighted by Crippen LogP contribution is -2.25. The van der Waals surface area contributed by atoms with Gasteiger partial charge in [0.05, 0.1) is 33.4 Å². The van der Waals surface area contributed by atoms with Gasteiger partial charge >= 0.3 is 0 Å². The van der Waals surface area contributed by atoms with E-state index in [1.165, 1.54) is 22.3 Å². The lowest BCUT2D eigenvalue weighted by molar-refractivity contribution is 0.216. The Morgan fingerprint density at radius 1 is 0.337 bits per heavy atom. The summed E-state index contributed by atoms with van der Waals surface area (Å²) in [6.07, 6.45) is 1.77. The van der Waals surface area contributed by atoms with Crippen molar-refractivity contribution >= 4 is 66.8 Å². The first-order chi connectivity index (χ1) is 42.3. The second kappa shape index (κ2) is 23.6. The van der Waals surface area contributed by atoms with Crippen LogP contribution in [0.1, 0.15) is 210 Å². The van der Waals surface area contributed by atoms with Gasteiger partial charge in [-0.05, 0) is 212 Å². The minimum atomic E-state index is -0.323. The van der Waals surface area contributed by atoms with Crippen LogP contribution in [0.15, 0.2) is 121 Å². The van der Waals surface area contributed by atoms with Gasteiger partial charge in [-0.1, -0.05) is 200 Å². The number of phenols is 2. The topological polar surface area (TPSA) is 68.8 Å². The summed E-state index contributed by atoms with van der Waals surface area (Å²) in [6, 6.07) is 43.6. The van der Waals surface area contributed by atoms with Crippen molar-refractivity contribution in [1.82, 2.24) is 9.13 Å². The van der Waals surface area contributed by atoms with E-state index in [9.17, 15) is 10.2 Å². The van der Waals surface area contributed by atoms with Gasteiger partial charge in [-0.3, -0.25) is 0 Å². The largest absolute Gasteiger partial charge is 0.505 e. The van der Waals surface area contributed by atoms with Crippen LogP contribution in [-0.4, -0.2) is 32.6 Å². The Balaban J connectivity index is 1.10. The molecule has 0 spiro atoms. The molecule has 0 atom stereocenters. The average molecular weight is 1270 g/mol. The maximum absolute atomic E-state index is 13.3. The van der Waals surface area contributed by atoms with Gasteiger partial charge in [-0.15, -0.1) is 0 Å². The lowest BCUT2D eigenvalue weighted by Gasteiger charge is -2.34. The highest BCUT2D eigenvalue weighted by molar-refractivity contribution is 6.31. The van der Waals surface area contributed by atoms with Gasteiger partial charge in [0.2, 0.25) is 0 Å². The highest BCUT2D eigenvalue weighted by Crippen LogP contribution is 2.52. The van der Waals surface area contributed by atoms with Gasteiger partial charge in [0.15, 0.2) is 0 Å². The van der Waals surface area contributed by atoms with Crippen LogP contribution >= 0.6 is 23.2 Å². The molecule has 0 radical (unpaired) electrons. The molecular weight excluding hydrogens is 1170 g/mol. The Morgan fingerprint density at radius 2 is 0.609 bits per heavy atom. The second-order valence-electron chi connectivity index (χ2n) is 34.5. The number of aromatic hydroxyl groups is 2. The minimum Gasteiger partial charge on any atom is -0.505 e. The van der Waals surface area contributed by atoms with E-state index in [0.29, 0.717) is 55.2 Å². The van der Waals surface area contributed by atoms with Crippen molar-refractivity contribution in [3.63, 3.8) is 0 Å². The van der Waals surface area contributed by atoms with Crippen LogP contribution in [0.2, 0.25) is 10.0 Å². The molecule has 10 rings (SSSR count). The minimum absolute atomic E-state index is 0.00294. The van der Waals surface area contributed by atoms with E-state index < -0.39 is 0 Å². The summed E-state index contributed by atoms with van der Waals surface area (Å²) in [4.78, 5) is 0. The Kier molecular flexibility index (Phi) is 17.4. The third-order valence-corrected chi connectivity index (χ3v) is 19.2. The molecule has 0 saturated carbocycles. The normalized spacial score (nSPS) is 13.4. The van der Waals surface area contributed by atoms with Crippen molar-refractivity contribution in [3.05, 3.63) is 176 Å². The summed E-state index contributed by atoms with van der Waals surface area (Å²) in [6.45, 7) is 54.3.